The van der Waals surface area contributed by atoms with Gasteiger partial charge in [0.1, 0.15) is 12.4 Å². The maximum atomic E-state index is 12.2. The van der Waals surface area contributed by atoms with E-state index in [1.807, 2.05) is 25.9 Å². The predicted molar refractivity (Wildman–Crippen MR) is 118 cm³/mol. The second-order valence-corrected chi connectivity index (χ2v) is 7.29. The molecule has 162 valence electrons. The average molecular weight is 415 g/mol. The first kappa shape index (κ1) is 23.0. The van der Waals surface area contributed by atoms with E-state index in [0.717, 1.165) is 6.54 Å². The van der Waals surface area contributed by atoms with Crippen molar-refractivity contribution in [2.75, 3.05) is 39.2 Å². The summed E-state index contributed by atoms with van der Waals surface area (Å²) in [5.74, 6) is -0.0217. The smallest absolute Gasteiger partial charge is 0.333 e. The van der Waals surface area contributed by atoms with E-state index in [1.54, 1.807) is 49.4 Å². The first-order chi connectivity index (χ1) is 14.2. The van der Waals surface area contributed by atoms with E-state index in [2.05, 4.69) is 5.32 Å². The summed E-state index contributed by atoms with van der Waals surface area (Å²) in [6.45, 7) is 5.12. The molecule has 0 aliphatic carbocycles. The van der Waals surface area contributed by atoms with E-state index >= 15 is 0 Å². The highest BCUT2D eigenvalue weighted by molar-refractivity contribution is 5.95. The van der Waals surface area contributed by atoms with Gasteiger partial charge in [0.15, 0.2) is 17.0 Å². The van der Waals surface area contributed by atoms with Gasteiger partial charge in [-0.25, -0.2) is 4.79 Å². The quantitative estimate of drug-likeness (QED) is 0.329. The molecule has 2 aromatic rings. The number of benzene rings is 2. The van der Waals surface area contributed by atoms with Gasteiger partial charge in [0.25, 0.3) is 0 Å². The lowest BCUT2D eigenvalue weighted by molar-refractivity contribution is -0.142. The first-order valence-corrected chi connectivity index (χ1v) is 9.68. The van der Waals surface area contributed by atoms with E-state index in [0.29, 0.717) is 41.5 Å². The lowest BCUT2D eigenvalue weighted by Crippen LogP contribution is -2.40. The maximum absolute atomic E-state index is 12.2. The molecule has 1 atom stereocenters. The average Bonchev–Trinajstić information content (AvgIpc) is 2.69. The van der Waals surface area contributed by atoms with Crippen LogP contribution in [-0.2, 0) is 10.3 Å². The Morgan fingerprint density at radius 3 is 2.37 bits per heavy atom. The Hall–Kier alpha value is -3.26. The minimum absolute atomic E-state index is 0.0474. The Morgan fingerprint density at radius 2 is 1.83 bits per heavy atom. The number of likely N-dealkylation sites (N-methyl/N-ethyl adjacent to an activating group) is 1. The van der Waals surface area contributed by atoms with Crippen LogP contribution in [0.4, 0.5) is 5.69 Å². The molecule has 5 N–H and O–H groups in total. The minimum atomic E-state index is -1.41. The van der Waals surface area contributed by atoms with E-state index < -0.39 is 11.5 Å². The van der Waals surface area contributed by atoms with Crippen LogP contribution in [0.25, 0.3) is 0 Å². The molecule has 0 aliphatic heterocycles. The molecule has 30 heavy (non-hydrogen) atoms. The fourth-order valence-electron chi connectivity index (χ4n) is 2.82. The van der Waals surface area contributed by atoms with Gasteiger partial charge >= 0.3 is 5.97 Å². The zero-order chi connectivity index (χ0) is 22.3. The van der Waals surface area contributed by atoms with Crippen LogP contribution >= 0.6 is 0 Å². The van der Waals surface area contributed by atoms with Crippen LogP contribution in [-0.4, -0.2) is 55.7 Å². The number of carboxylic acids is 1. The molecule has 0 fully saturated rings. The summed E-state index contributed by atoms with van der Waals surface area (Å²) in [4.78, 5) is 14.2. The van der Waals surface area contributed by atoms with E-state index in [-0.39, 0.29) is 5.84 Å². The molecule has 0 aromatic heterocycles. The van der Waals surface area contributed by atoms with Gasteiger partial charge in [-0.3, -0.25) is 5.41 Å². The number of hydrogen-bond acceptors (Lipinski definition) is 6. The van der Waals surface area contributed by atoms with Crippen molar-refractivity contribution in [2.45, 2.75) is 19.4 Å². The molecular weight excluding hydrogens is 384 g/mol. The van der Waals surface area contributed by atoms with Gasteiger partial charge in [0.2, 0.25) is 0 Å². The monoisotopic (exact) mass is 414 g/mol. The SMILES string of the molecule is CCOc1cc(C(C)(Nc2ccc(C(=N)N)cc2)C(=O)O)ccc1OCCN(C)C. The molecule has 0 saturated carbocycles. The van der Waals surface area contributed by atoms with Crippen LogP contribution in [0.15, 0.2) is 42.5 Å². The largest absolute Gasteiger partial charge is 0.490 e. The van der Waals surface area contributed by atoms with Crippen molar-refractivity contribution in [1.29, 1.82) is 5.41 Å². The van der Waals surface area contributed by atoms with Crippen LogP contribution in [0, 0.1) is 5.41 Å². The van der Waals surface area contributed by atoms with Gasteiger partial charge in [0, 0.05) is 17.8 Å². The Labute approximate surface area is 177 Å². The number of nitrogens with two attached hydrogens (primary N) is 1. The molecule has 0 bridgehead atoms. The fourth-order valence-corrected chi connectivity index (χ4v) is 2.82. The number of amidine groups is 1. The number of anilines is 1. The van der Waals surface area contributed by atoms with Crippen molar-refractivity contribution in [1.82, 2.24) is 4.90 Å². The summed E-state index contributed by atoms with van der Waals surface area (Å²) < 4.78 is 11.5. The number of nitrogens with zero attached hydrogens (tertiary/aromatic N) is 1. The third-order valence-corrected chi connectivity index (χ3v) is 4.63. The van der Waals surface area contributed by atoms with Crippen LogP contribution < -0.4 is 20.5 Å². The Balaban J connectivity index is 2.33. The fraction of sp³-hybridized carbons (Fsp3) is 0.364. The lowest BCUT2D eigenvalue weighted by atomic mass is 9.91. The number of rotatable bonds is 11. The second-order valence-electron chi connectivity index (χ2n) is 7.29. The number of aliphatic carboxylic acids is 1. The van der Waals surface area contributed by atoms with Crippen molar-refractivity contribution in [3.8, 4) is 11.5 Å². The highest BCUT2D eigenvalue weighted by atomic mass is 16.5. The second kappa shape index (κ2) is 9.98. The molecule has 0 heterocycles. The lowest BCUT2D eigenvalue weighted by Gasteiger charge is -2.29. The Kier molecular flexibility index (Phi) is 7.66. The molecule has 8 nitrogen and oxygen atoms in total. The summed E-state index contributed by atoms with van der Waals surface area (Å²) >= 11 is 0. The van der Waals surface area contributed by atoms with Crippen molar-refractivity contribution in [3.63, 3.8) is 0 Å². The highest BCUT2D eigenvalue weighted by Crippen LogP contribution is 2.35. The molecule has 1 unspecified atom stereocenters. The minimum Gasteiger partial charge on any atom is -0.490 e. The highest BCUT2D eigenvalue weighted by Gasteiger charge is 2.36. The first-order valence-electron chi connectivity index (χ1n) is 9.68. The molecule has 0 spiro atoms. The molecule has 2 rings (SSSR count). The van der Waals surface area contributed by atoms with Crippen molar-refractivity contribution in [3.05, 3.63) is 53.6 Å². The topological polar surface area (TPSA) is 121 Å². The van der Waals surface area contributed by atoms with Gasteiger partial charge in [-0.15, -0.1) is 0 Å². The third-order valence-electron chi connectivity index (χ3n) is 4.63. The standard InChI is InChI=1S/C22H30N4O4/c1-5-29-19-14-16(8-11-18(19)30-13-12-26(3)4)22(2,21(27)28)25-17-9-6-15(7-10-17)20(23)24/h6-11,14,25H,5,12-13H2,1-4H3,(H3,23,24)(H,27,28). The summed E-state index contributed by atoms with van der Waals surface area (Å²) in [6.07, 6.45) is 0. The molecule has 8 heteroatoms. The van der Waals surface area contributed by atoms with Crippen LogP contribution in [0.1, 0.15) is 25.0 Å². The van der Waals surface area contributed by atoms with E-state index in [1.165, 1.54) is 0 Å². The number of nitrogen functional groups attached to an aromatic ring is 1. The number of ether oxygens (including phenoxy) is 2. The normalized spacial score (nSPS) is 12.8. The third kappa shape index (κ3) is 5.64. The van der Waals surface area contributed by atoms with Crippen LogP contribution in [0.5, 0.6) is 11.5 Å². The molecule has 2 aromatic carbocycles. The van der Waals surface area contributed by atoms with Gasteiger partial charge in [-0.05, 0) is 69.9 Å². The van der Waals surface area contributed by atoms with Crippen molar-refractivity contribution in [2.24, 2.45) is 5.73 Å². The number of nitrogens with one attached hydrogen (secondary N) is 2. The van der Waals surface area contributed by atoms with Crippen LogP contribution in [0.3, 0.4) is 0 Å². The summed E-state index contributed by atoms with van der Waals surface area (Å²) in [7, 11) is 3.92. The Morgan fingerprint density at radius 1 is 1.17 bits per heavy atom. The maximum Gasteiger partial charge on any atom is 0.333 e. The molecule has 0 aliphatic rings. The number of carboxylic acid groups (broad SMARTS) is 1. The van der Waals surface area contributed by atoms with Crippen molar-refractivity contribution >= 4 is 17.5 Å². The molecule has 0 amide bonds. The van der Waals surface area contributed by atoms with Gasteiger partial charge in [0.05, 0.1) is 6.61 Å². The molecular formula is C22H30N4O4. The van der Waals surface area contributed by atoms with E-state index in [9.17, 15) is 9.90 Å². The number of carbonyl (C=O) groups is 1. The predicted octanol–water partition coefficient (Wildman–Crippen LogP) is 2.72. The van der Waals surface area contributed by atoms with E-state index in [4.69, 9.17) is 20.6 Å². The zero-order valence-corrected chi connectivity index (χ0v) is 17.9. The van der Waals surface area contributed by atoms with Crippen molar-refractivity contribution < 1.29 is 19.4 Å². The molecule has 0 saturated heterocycles. The van der Waals surface area contributed by atoms with Gasteiger partial charge < -0.3 is 30.5 Å². The van der Waals surface area contributed by atoms with Gasteiger partial charge in [-0.1, -0.05) is 6.07 Å². The summed E-state index contributed by atoms with van der Waals surface area (Å²) in [6, 6.07) is 11.9. The van der Waals surface area contributed by atoms with Gasteiger partial charge in [-0.2, -0.15) is 0 Å². The Bertz CT molecular complexity index is 883. The summed E-state index contributed by atoms with van der Waals surface area (Å²) in [5, 5.41) is 20.5. The number of hydrogen-bond donors (Lipinski definition) is 4. The molecule has 0 radical (unpaired) electrons. The van der Waals surface area contributed by atoms with Crippen LogP contribution in [0.2, 0.25) is 0 Å². The zero-order valence-electron chi connectivity index (χ0n) is 17.9. The summed E-state index contributed by atoms with van der Waals surface area (Å²) in [5.41, 5.74) is 5.75.